The molecule has 29 heavy (non-hydrogen) atoms. The van der Waals surface area contributed by atoms with E-state index in [0.717, 1.165) is 63.2 Å². The lowest BCUT2D eigenvalue weighted by Crippen LogP contribution is -2.38. The van der Waals surface area contributed by atoms with Gasteiger partial charge in [0.15, 0.2) is 11.5 Å². The predicted molar refractivity (Wildman–Crippen MR) is 117 cm³/mol. The molecule has 4 nitrogen and oxygen atoms in total. The van der Waals surface area contributed by atoms with Crippen LogP contribution >= 0.6 is 0 Å². The number of methoxy groups -OCH3 is 2. The molecule has 0 saturated carbocycles. The lowest BCUT2D eigenvalue weighted by atomic mass is 9.63. The maximum Gasteiger partial charge on any atom is 0.161 e. The summed E-state index contributed by atoms with van der Waals surface area (Å²) in [6.07, 6.45) is 7.71. The summed E-state index contributed by atoms with van der Waals surface area (Å²) in [4.78, 5) is 15.5. The molecule has 0 spiro atoms. The van der Waals surface area contributed by atoms with Gasteiger partial charge in [0.2, 0.25) is 0 Å². The second-order valence-corrected chi connectivity index (χ2v) is 8.43. The third-order valence-electron chi connectivity index (χ3n) is 7.36. The summed E-state index contributed by atoms with van der Waals surface area (Å²) in [6.45, 7) is 7.50. The summed E-state index contributed by atoms with van der Waals surface area (Å²) < 4.78 is 11.1. The fourth-order valence-corrected chi connectivity index (χ4v) is 5.61. The fourth-order valence-electron chi connectivity index (χ4n) is 5.61. The van der Waals surface area contributed by atoms with Crippen molar-refractivity contribution in [3.8, 4) is 11.5 Å². The molecule has 156 valence electrons. The molecule has 0 fully saturated rings. The fraction of sp³-hybridized carbons (Fsp3) is 0.560. The van der Waals surface area contributed by atoms with Crippen molar-refractivity contribution >= 4 is 11.4 Å². The van der Waals surface area contributed by atoms with Crippen molar-refractivity contribution < 1.29 is 14.3 Å². The number of hydrogen-bond acceptors (Lipinski definition) is 4. The van der Waals surface area contributed by atoms with E-state index in [0.29, 0.717) is 12.2 Å². The molecule has 0 bridgehead atoms. The Morgan fingerprint density at radius 2 is 1.72 bits per heavy atom. The number of ketones is 1. The van der Waals surface area contributed by atoms with Gasteiger partial charge in [-0.1, -0.05) is 19.9 Å². The Balaban J connectivity index is 1.72. The summed E-state index contributed by atoms with van der Waals surface area (Å²) in [5.74, 6) is 2.02. The van der Waals surface area contributed by atoms with E-state index in [1.54, 1.807) is 14.2 Å². The summed E-state index contributed by atoms with van der Waals surface area (Å²) >= 11 is 0. The molecule has 3 aliphatic rings. The first kappa shape index (κ1) is 20.2. The summed E-state index contributed by atoms with van der Waals surface area (Å²) in [5, 5.41) is 0. The topological polar surface area (TPSA) is 38.8 Å². The molecule has 0 aromatic heterocycles. The first-order valence-electron chi connectivity index (χ1n) is 11.0. The third-order valence-corrected chi connectivity index (χ3v) is 7.36. The summed E-state index contributed by atoms with van der Waals surface area (Å²) in [7, 11) is 3.39. The lowest BCUT2D eigenvalue weighted by Gasteiger charge is -2.41. The molecular weight excluding hydrogens is 362 g/mol. The van der Waals surface area contributed by atoms with E-state index >= 15 is 0 Å². The highest BCUT2D eigenvalue weighted by Gasteiger charge is 2.48. The van der Waals surface area contributed by atoms with Gasteiger partial charge in [-0.15, -0.1) is 0 Å². The van der Waals surface area contributed by atoms with Crippen molar-refractivity contribution in [1.82, 2.24) is 4.90 Å². The van der Waals surface area contributed by atoms with Crippen molar-refractivity contribution in [3.63, 3.8) is 0 Å². The predicted octanol–water partition coefficient (Wildman–Crippen LogP) is 4.81. The van der Waals surface area contributed by atoms with Crippen LogP contribution in [0.2, 0.25) is 0 Å². The highest BCUT2D eigenvalue weighted by atomic mass is 16.5. The van der Waals surface area contributed by atoms with Crippen LogP contribution in [0.15, 0.2) is 29.4 Å². The van der Waals surface area contributed by atoms with E-state index in [9.17, 15) is 4.79 Å². The molecule has 1 aromatic rings. The van der Waals surface area contributed by atoms with Gasteiger partial charge in [-0.05, 0) is 91.7 Å². The van der Waals surface area contributed by atoms with Crippen LogP contribution in [0.25, 0.3) is 5.57 Å². The molecule has 0 N–H and O–H groups in total. The maximum absolute atomic E-state index is 13.1. The number of ether oxygens (including phenoxy) is 2. The second-order valence-electron chi connectivity index (χ2n) is 8.43. The van der Waals surface area contributed by atoms with Crippen molar-refractivity contribution in [2.75, 3.05) is 33.9 Å². The van der Waals surface area contributed by atoms with Crippen molar-refractivity contribution in [1.29, 1.82) is 0 Å². The van der Waals surface area contributed by atoms with Gasteiger partial charge >= 0.3 is 0 Å². The SMILES string of the molecule is CCN(CC)CC[C@]12CCC3=C(CCc4cc(OC)c(OC)cc43)C1=CCC2=O. The van der Waals surface area contributed by atoms with Gasteiger partial charge in [-0.3, -0.25) is 4.79 Å². The standard InChI is InChI=1S/C25H33NO3/c1-5-26(6-2)14-13-25-12-11-18-19(21(25)9-10-24(25)27)8-7-17-15-22(28-3)23(29-4)16-20(17)18/h9,15-16H,5-8,10-14H2,1-4H3/t25-/m1/s1. The molecule has 0 aliphatic heterocycles. The molecule has 0 amide bonds. The van der Waals surface area contributed by atoms with E-state index in [4.69, 9.17) is 9.47 Å². The average Bonchev–Trinajstić information content (AvgIpc) is 3.09. The number of nitrogens with zero attached hydrogens (tertiary/aromatic N) is 1. The molecule has 0 unspecified atom stereocenters. The van der Waals surface area contributed by atoms with E-state index in [1.807, 2.05) is 0 Å². The van der Waals surface area contributed by atoms with Gasteiger partial charge in [0.25, 0.3) is 0 Å². The number of carbonyl (C=O) groups excluding carboxylic acids is 1. The van der Waals surface area contributed by atoms with Crippen LogP contribution in [-0.4, -0.2) is 44.5 Å². The van der Waals surface area contributed by atoms with Crippen LogP contribution in [0.4, 0.5) is 0 Å². The minimum absolute atomic E-state index is 0.254. The molecule has 1 aromatic carbocycles. The zero-order valence-electron chi connectivity index (χ0n) is 18.3. The number of carbonyl (C=O) groups is 1. The normalized spacial score (nSPS) is 22.9. The minimum Gasteiger partial charge on any atom is -0.493 e. The number of allylic oxidation sites excluding steroid dienone is 4. The second kappa shape index (κ2) is 7.98. The first-order valence-corrected chi connectivity index (χ1v) is 11.0. The van der Waals surface area contributed by atoms with Crippen LogP contribution in [-0.2, 0) is 11.2 Å². The highest BCUT2D eigenvalue weighted by Crippen LogP contribution is 2.56. The van der Waals surface area contributed by atoms with E-state index in [-0.39, 0.29) is 5.41 Å². The number of benzene rings is 1. The number of fused-ring (bicyclic) bond motifs is 4. The highest BCUT2D eigenvalue weighted by molar-refractivity contribution is 5.97. The van der Waals surface area contributed by atoms with Crippen molar-refractivity contribution in [2.45, 2.75) is 52.4 Å². The van der Waals surface area contributed by atoms with E-state index < -0.39 is 0 Å². The zero-order chi connectivity index (χ0) is 20.6. The molecule has 0 radical (unpaired) electrons. The van der Waals surface area contributed by atoms with E-state index in [1.165, 1.54) is 27.8 Å². The Morgan fingerprint density at radius 3 is 2.41 bits per heavy atom. The van der Waals surface area contributed by atoms with Gasteiger partial charge < -0.3 is 14.4 Å². The van der Waals surface area contributed by atoms with Crippen LogP contribution in [0.1, 0.15) is 57.1 Å². The molecular formula is C25H33NO3. The minimum atomic E-state index is -0.254. The van der Waals surface area contributed by atoms with Gasteiger partial charge in [-0.25, -0.2) is 0 Å². The molecule has 4 heteroatoms. The Labute approximate surface area is 174 Å². The van der Waals surface area contributed by atoms with E-state index in [2.05, 4.69) is 37.0 Å². The zero-order valence-corrected chi connectivity index (χ0v) is 18.3. The van der Waals surface area contributed by atoms with Crippen LogP contribution < -0.4 is 9.47 Å². The van der Waals surface area contributed by atoms with Crippen LogP contribution in [0.3, 0.4) is 0 Å². The van der Waals surface area contributed by atoms with Crippen molar-refractivity contribution in [3.05, 3.63) is 40.5 Å². The van der Waals surface area contributed by atoms with Crippen LogP contribution in [0, 0.1) is 5.41 Å². The van der Waals surface area contributed by atoms with Gasteiger partial charge in [0.05, 0.1) is 19.6 Å². The Kier molecular flexibility index (Phi) is 5.56. The Morgan fingerprint density at radius 1 is 1.00 bits per heavy atom. The van der Waals surface area contributed by atoms with Crippen molar-refractivity contribution in [2.24, 2.45) is 5.41 Å². The molecule has 1 atom stereocenters. The molecule has 0 saturated heterocycles. The van der Waals surface area contributed by atoms with Gasteiger partial charge in [-0.2, -0.15) is 0 Å². The third kappa shape index (κ3) is 3.22. The smallest absolute Gasteiger partial charge is 0.161 e. The maximum atomic E-state index is 13.1. The largest absolute Gasteiger partial charge is 0.493 e. The Bertz CT molecular complexity index is 878. The number of aryl methyl sites for hydroxylation is 1. The summed E-state index contributed by atoms with van der Waals surface area (Å²) in [5.41, 5.74) is 6.57. The van der Waals surface area contributed by atoms with Crippen LogP contribution in [0.5, 0.6) is 11.5 Å². The first-order chi connectivity index (χ1) is 14.1. The lowest BCUT2D eigenvalue weighted by molar-refractivity contribution is -0.125. The number of Topliss-reactive ketones (excluding diaryl/α,β-unsaturated/α-hetero) is 1. The molecule has 0 heterocycles. The molecule has 3 aliphatic carbocycles. The quantitative estimate of drug-likeness (QED) is 0.664. The summed E-state index contributed by atoms with van der Waals surface area (Å²) in [6, 6.07) is 4.28. The monoisotopic (exact) mass is 395 g/mol. The number of rotatable bonds is 7. The number of hydrogen-bond donors (Lipinski definition) is 0. The van der Waals surface area contributed by atoms with Gasteiger partial charge in [0, 0.05) is 6.42 Å². The average molecular weight is 396 g/mol. The van der Waals surface area contributed by atoms with Gasteiger partial charge in [0.1, 0.15) is 5.78 Å². The molecule has 4 rings (SSSR count). The Hall–Kier alpha value is -2.07.